The standard InChI is InChI=1S/C7H14F3O2P/c1-3-4-6(13(2,11)12)5-7(8,9)10/h6H,3-5H2,1-2H3,(H,11,12). The van der Waals surface area contributed by atoms with E-state index in [1.165, 1.54) is 0 Å². The minimum Gasteiger partial charge on any atom is -0.344 e. The van der Waals surface area contributed by atoms with Crippen molar-refractivity contribution in [3.05, 3.63) is 0 Å². The third kappa shape index (κ3) is 6.11. The van der Waals surface area contributed by atoms with Gasteiger partial charge in [0.2, 0.25) is 7.37 Å². The molecule has 0 heterocycles. The Hall–Kier alpha value is -0.0200. The van der Waals surface area contributed by atoms with Gasteiger partial charge in [-0.3, -0.25) is 4.57 Å². The van der Waals surface area contributed by atoms with E-state index in [9.17, 15) is 17.7 Å². The molecule has 0 aromatic heterocycles. The van der Waals surface area contributed by atoms with Gasteiger partial charge < -0.3 is 4.89 Å². The van der Waals surface area contributed by atoms with Gasteiger partial charge in [-0.1, -0.05) is 13.3 Å². The smallest absolute Gasteiger partial charge is 0.344 e. The fraction of sp³-hybridized carbons (Fsp3) is 1.00. The van der Waals surface area contributed by atoms with Crippen molar-refractivity contribution in [2.24, 2.45) is 0 Å². The van der Waals surface area contributed by atoms with Crippen LogP contribution in [0.15, 0.2) is 0 Å². The summed E-state index contributed by atoms with van der Waals surface area (Å²) < 4.78 is 46.8. The maximum Gasteiger partial charge on any atom is 0.389 e. The first kappa shape index (κ1) is 13.0. The summed E-state index contributed by atoms with van der Waals surface area (Å²) in [4.78, 5) is 9.03. The average Bonchev–Trinajstić information content (AvgIpc) is 1.81. The quantitative estimate of drug-likeness (QED) is 0.736. The summed E-state index contributed by atoms with van der Waals surface area (Å²) in [5.41, 5.74) is -1.14. The van der Waals surface area contributed by atoms with E-state index in [-0.39, 0.29) is 6.42 Å². The van der Waals surface area contributed by atoms with Crippen LogP contribution in [-0.4, -0.2) is 23.4 Å². The second kappa shape index (κ2) is 4.47. The molecule has 0 saturated carbocycles. The van der Waals surface area contributed by atoms with E-state index >= 15 is 0 Å². The fourth-order valence-electron chi connectivity index (χ4n) is 1.11. The molecular weight excluding hydrogens is 204 g/mol. The Morgan fingerprint density at radius 3 is 2.15 bits per heavy atom. The largest absolute Gasteiger partial charge is 0.389 e. The lowest BCUT2D eigenvalue weighted by Gasteiger charge is -2.20. The van der Waals surface area contributed by atoms with Crippen LogP contribution in [0.25, 0.3) is 0 Å². The molecule has 0 saturated heterocycles. The molecule has 0 spiro atoms. The predicted molar refractivity (Wildman–Crippen MR) is 45.1 cm³/mol. The molecule has 0 aliphatic heterocycles. The maximum absolute atomic E-state index is 11.9. The van der Waals surface area contributed by atoms with Crippen LogP contribution in [0.1, 0.15) is 26.2 Å². The Bertz CT molecular complexity index is 196. The Morgan fingerprint density at radius 2 is 1.92 bits per heavy atom. The lowest BCUT2D eigenvalue weighted by Crippen LogP contribution is -2.19. The first-order valence-corrected chi connectivity index (χ1v) is 6.21. The molecule has 0 aliphatic carbocycles. The van der Waals surface area contributed by atoms with Gasteiger partial charge in [-0.05, 0) is 6.42 Å². The Balaban J connectivity index is 4.37. The van der Waals surface area contributed by atoms with Crippen molar-refractivity contribution in [3.63, 3.8) is 0 Å². The lowest BCUT2D eigenvalue weighted by molar-refractivity contribution is -0.135. The summed E-state index contributed by atoms with van der Waals surface area (Å²) in [7, 11) is -3.61. The van der Waals surface area contributed by atoms with Crippen LogP contribution in [0.2, 0.25) is 0 Å². The summed E-state index contributed by atoms with van der Waals surface area (Å²) in [5, 5.41) is 0. The van der Waals surface area contributed by atoms with Crippen LogP contribution in [0.4, 0.5) is 13.2 Å². The monoisotopic (exact) mass is 218 g/mol. The zero-order valence-corrected chi connectivity index (χ0v) is 8.53. The topological polar surface area (TPSA) is 37.3 Å². The van der Waals surface area contributed by atoms with Crippen molar-refractivity contribution in [3.8, 4) is 0 Å². The van der Waals surface area contributed by atoms with Crippen LogP contribution in [-0.2, 0) is 4.57 Å². The van der Waals surface area contributed by atoms with Crippen molar-refractivity contribution >= 4 is 7.37 Å². The highest BCUT2D eigenvalue weighted by molar-refractivity contribution is 7.57. The molecule has 0 fully saturated rings. The van der Waals surface area contributed by atoms with Crippen LogP contribution in [0.5, 0.6) is 0 Å². The zero-order valence-electron chi connectivity index (χ0n) is 7.64. The second-order valence-electron chi connectivity index (χ2n) is 3.21. The normalized spacial score (nSPS) is 19.5. The van der Waals surface area contributed by atoms with Gasteiger partial charge in [-0.15, -0.1) is 0 Å². The second-order valence-corrected chi connectivity index (χ2v) is 5.82. The summed E-state index contributed by atoms with van der Waals surface area (Å²) in [6.07, 6.45) is -4.89. The van der Waals surface area contributed by atoms with Crippen molar-refractivity contribution in [2.45, 2.75) is 38.0 Å². The van der Waals surface area contributed by atoms with Crippen LogP contribution in [0.3, 0.4) is 0 Å². The van der Waals surface area contributed by atoms with E-state index in [1.54, 1.807) is 6.92 Å². The van der Waals surface area contributed by atoms with Crippen LogP contribution in [0, 0.1) is 0 Å². The third-order valence-electron chi connectivity index (χ3n) is 1.77. The minimum atomic E-state index is -4.35. The molecule has 2 atom stereocenters. The number of hydrogen-bond acceptors (Lipinski definition) is 1. The van der Waals surface area contributed by atoms with E-state index in [0.717, 1.165) is 6.66 Å². The van der Waals surface area contributed by atoms with E-state index in [2.05, 4.69) is 0 Å². The molecular formula is C7H14F3O2P. The Labute approximate surface area is 75.6 Å². The highest BCUT2D eigenvalue weighted by Gasteiger charge is 2.37. The lowest BCUT2D eigenvalue weighted by atomic mass is 10.2. The number of alkyl halides is 3. The molecule has 13 heavy (non-hydrogen) atoms. The van der Waals surface area contributed by atoms with Crippen molar-refractivity contribution in [2.75, 3.05) is 6.66 Å². The maximum atomic E-state index is 11.9. The summed E-state index contributed by atoms with van der Waals surface area (Å²) in [5.74, 6) is 0. The third-order valence-corrected chi connectivity index (χ3v) is 3.56. The van der Waals surface area contributed by atoms with Gasteiger partial charge in [0, 0.05) is 12.3 Å². The molecule has 0 aromatic rings. The first-order valence-electron chi connectivity index (χ1n) is 4.03. The van der Waals surface area contributed by atoms with Gasteiger partial charge in [0.05, 0.1) is 6.42 Å². The highest BCUT2D eigenvalue weighted by Crippen LogP contribution is 2.48. The van der Waals surface area contributed by atoms with Gasteiger partial charge in [0.1, 0.15) is 0 Å². The predicted octanol–water partition coefficient (Wildman–Crippen LogP) is 3.01. The van der Waals surface area contributed by atoms with E-state index < -0.39 is 25.6 Å². The molecule has 1 N–H and O–H groups in total. The minimum absolute atomic E-state index is 0.143. The molecule has 0 amide bonds. The van der Waals surface area contributed by atoms with Gasteiger partial charge in [0.25, 0.3) is 0 Å². The molecule has 80 valence electrons. The average molecular weight is 218 g/mol. The molecule has 2 nitrogen and oxygen atoms in total. The van der Waals surface area contributed by atoms with Crippen molar-refractivity contribution in [1.29, 1.82) is 0 Å². The van der Waals surface area contributed by atoms with Crippen LogP contribution < -0.4 is 0 Å². The number of halogens is 3. The molecule has 0 rings (SSSR count). The SMILES string of the molecule is CCCC(CC(F)(F)F)P(C)(=O)O. The Morgan fingerprint density at radius 1 is 1.46 bits per heavy atom. The summed E-state index contributed by atoms with van der Waals surface area (Å²) >= 11 is 0. The number of hydrogen-bond donors (Lipinski definition) is 1. The summed E-state index contributed by atoms with van der Waals surface area (Å²) in [6.45, 7) is 2.68. The molecule has 6 heteroatoms. The van der Waals surface area contributed by atoms with Gasteiger partial charge in [0.15, 0.2) is 0 Å². The van der Waals surface area contributed by atoms with E-state index in [4.69, 9.17) is 4.89 Å². The van der Waals surface area contributed by atoms with Gasteiger partial charge >= 0.3 is 6.18 Å². The molecule has 0 radical (unpaired) electrons. The molecule has 2 unspecified atom stereocenters. The first-order chi connectivity index (χ1) is 5.67. The molecule has 0 bridgehead atoms. The van der Waals surface area contributed by atoms with Gasteiger partial charge in [-0.25, -0.2) is 0 Å². The van der Waals surface area contributed by atoms with Gasteiger partial charge in [-0.2, -0.15) is 13.2 Å². The van der Waals surface area contributed by atoms with Crippen LogP contribution >= 0.6 is 7.37 Å². The van der Waals surface area contributed by atoms with E-state index in [1.807, 2.05) is 0 Å². The summed E-state index contributed by atoms with van der Waals surface area (Å²) in [6, 6.07) is 0. The fourth-order valence-corrected chi connectivity index (χ4v) is 2.39. The number of rotatable bonds is 4. The highest BCUT2D eigenvalue weighted by atomic mass is 31.2. The Kier molecular flexibility index (Phi) is 4.46. The van der Waals surface area contributed by atoms with Crippen molar-refractivity contribution in [1.82, 2.24) is 0 Å². The molecule has 0 aliphatic rings. The van der Waals surface area contributed by atoms with E-state index in [0.29, 0.717) is 6.42 Å². The molecule has 0 aromatic carbocycles. The van der Waals surface area contributed by atoms with Crippen molar-refractivity contribution < 1.29 is 22.6 Å². The zero-order chi connectivity index (χ0) is 10.7.